The highest BCUT2D eigenvalue weighted by molar-refractivity contribution is 9.10. The molecule has 7 heteroatoms. The summed E-state index contributed by atoms with van der Waals surface area (Å²) >= 11 is 3.43. The number of para-hydroxylation sites is 1. The largest absolute Gasteiger partial charge is 0.489 e. The minimum atomic E-state index is -0.294. The molecule has 2 aromatic carbocycles. The molecular weight excluding hydrogens is 360 g/mol. The van der Waals surface area contributed by atoms with E-state index in [1.54, 1.807) is 7.05 Å². The van der Waals surface area contributed by atoms with Crippen LogP contribution in [0.5, 0.6) is 5.75 Å². The van der Waals surface area contributed by atoms with Crippen molar-refractivity contribution >= 4 is 15.9 Å². The van der Waals surface area contributed by atoms with Gasteiger partial charge in [0.25, 0.3) is 0 Å². The average Bonchev–Trinajstić information content (AvgIpc) is 2.86. The molecule has 3 aromatic rings. The molecule has 1 aromatic heterocycles. The minimum absolute atomic E-state index is 0.294. The fourth-order valence-electron chi connectivity index (χ4n) is 2.23. The zero-order valence-electron chi connectivity index (χ0n) is 12.7. The van der Waals surface area contributed by atoms with E-state index in [1.807, 2.05) is 49.4 Å². The molecule has 0 radical (unpaired) electrons. The van der Waals surface area contributed by atoms with Gasteiger partial charge in [0.1, 0.15) is 12.4 Å². The summed E-state index contributed by atoms with van der Waals surface area (Å²) in [6.07, 6.45) is 0. The van der Waals surface area contributed by atoms with Gasteiger partial charge in [-0.05, 0) is 47.2 Å². The predicted molar refractivity (Wildman–Crippen MR) is 89.8 cm³/mol. The molecule has 118 valence electrons. The molecular formula is C16H15BrN4O2. The maximum Gasteiger partial charge on any atom is 0.368 e. The Bertz CT molecular complexity index is 901. The van der Waals surface area contributed by atoms with Crippen molar-refractivity contribution in [1.29, 1.82) is 0 Å². The van der Waals surface area contributed by atoms with Gasteiger partial charge in [0.2, 0.25) is 0 Å². The summed E-state index contributed by atoms with van der Waals surface area (Å²) in [6.45, 7) is 2.32. The van der Waals surface area contributed by atoms with E-state index in [1.165, 1.54) is 9.36 Å². The van der Waals surface area contributed by atoms with Crippen LogP contribution in [0.3, 0.4) is 0 Å². The van der Waals surface area contributed by atoms with E-state index < -0.39 is 0 Å². The first-order valence-corrected chi connectivity index (χ1v) is 7.82. The lowest BCUT2D eigenvalue weighted by atomic mass is 10.2. The lowest BCUT2D eigenvalue weighted by Crippen LogP contribution is -2.23. The summed E-state index contributed by atoms with van der Waals surface area (Å²) in [7, 11) is 1.57. The highest BCUT2D eigenvalue weighted by atomic mass is 79.9. The van der Waals surface area contributed by atoms with Crippen LogP contribution < -0.4 is 10.4 Å². The summed E-state index contributed by atoms with van der Waals surface area (Å²) in [5.41, 5.74) is 2.27. The highest BCUT2D eigenvalue weighted by Gasteiger charge is 2.11. The molecule has 0 saturated carbocycles. The van der Waals surface area contributed by atoms with Crippen molar-refractivity contribution in [2.75, 3.05) is 0 Å². The van der Waals surface area contributed by atoms with Crippen LogP contribution in [-0.2, 0) is 13.7 Å². The van der Waals surface area contributed by atoms with E-state index in [9.17, 15) is 4.79 Å². The maximum absolute atomic E-state index is 12.0. The van der Waals surface area contributed by atoms with Crippen molar-refractivity contribution < 1.29 is 4.74 Å². The molecule has 0 saturated heterocycles. The number of nitrogens with zero attached hydrogens (tertiary/aromatic N) is 4. The van der Waals surface area contributed by atoms with E-state index >= 15 is 0 Å². The van der Waals surface area contributed by atoms with Gasteiger partial charge in [-0.2, -0.15) is 9.36 Å². The Morgan fingerprint density at radius 1 is 1.17 bits per heavy atom. The number of benzene rings is 2. The summed E-state index contributed by atoms with van der Waals surface area (Å²) in [5, 5.41) is 7.63. The Morgan fingerprint density at radius 2 is 1.96 bits per heavy atom. The third-order valence-electron chi connectivity index (χ3n) is 3.46. The minimum Gasteiger partial charge on any atom is -0.489 e. The van der Waals surface area contributed by atoms with Crippen LogP contribution in [-0.4, -0.2) is 19.8 Å². The van der Waals surface area contributed by atoms with E-state index in [2.05, 4.69) is 26.4 Å². The van der Waals surface area contributed by atoms with E-state index in [0.717, 1.165) is 21.3 Å². The van der Waals surface area contributed by atoms with E-state index in [0.29, 0.717) is 12.3 Å². The van der Waals surface area contributed by atoms with Gasteiger partial charge >= 0.3 is 5.69 Å². The Morgan fingerprint density at radius 3 is 2.65 bits per heavy atom. The molecule has 1 heterocycles. The quantitative estimate of drug-likeness (QED) is 0.704. The summed E-state index contributed by atoms with van der Waals surface area (Å²) in [4.78, 5) is 12.0. The molecule has 0 aliphatic rings. The number of aryl methyl sites for hydroxylation is 2. The summed E-state index contributed by atoms with van der Waals surface area (Å²) in [5.74, 6) is 0.800. The molecule has 0 fully saturated rings. The molecule has 0 N–H and O–H groups in total. The number of hydrogen-bond acceptors (Lipinski definition) is 4. The SMILES string of the molecule is Cc1cc(Br)ccc1OCc1ccccc1-n1nnn(C)c1=O. The number of tetrazole rings is 1. The average molecular weight is 375 g/mol. The zero-order chi connectivity index (χ0) is 16.4. The van der Waals surface area contributed by atoms with Crippen molar-refractivity contribution in [2.45, 2.75) is 13.5 Å². The van der Waals surface area contributed by atoms with Crippen molar-refractivity contribution in [2.24, 2.45) is 7.05 Å². The van der Waals surface area contributed by atoms with Crippen LogP contribution in [0.4, 0.5) is 0 Å². The maximum atomic E-state index is 12.0. The number of rotatable bonds is 4. The third kappa shape index (κ3) is 3.19. The molecule has 0 amide bonds. The zero-order valence-corrected chi connectivity index (χ0v) is 14.3. The Kier molecular flexibility index (Phi) is 4.29. The Hall–Kier alpha value is -2.41. The molecule has 0 bridgehead atoms. The van der Waals surface area contributed by atoms with Crippen LogP contribution in [0.15, 0.2) is 51.7 Å². The monoisotopic (exact) mass is 374 g/mol. The second kappa shape index (κ2) is 6.37. The summed E-state index contributed by atoms with van der Waals surface area (Å²) in [6, 6.07) is 13.3. The molecule has 23 heavy (non-hydrogen) atoms. The smallest absolute Gasteiger partial charge is 0.368 e. The third-order valence-corrected chi connectivity index (χ3v) is 3.95. The lowest BCUT2D eigenvalue weighted by Gasteiger charge is -2.12. The Labute approximate surface area is 141 Å². The van der Waals surface area contributed by atoms with Crippen LogP contribution >= 0.6 is 15.9 Å². The number of aromatic nitrogens is 4. The van der Waals surface area contributed by atoms with Gasteiger partial charge in [-0.25, -0.2) is 4.79 Å². The molecule has 0 spiro atoms. The second-order valence-corrected chi connectivity index (χ2v) is 6.04. The van der Waals surface area contributed by atoms with Gasteiger partial charge < -0.3 is 4.74 Å². The number of halogens is 1. The summed E-state index contributed by atoms with van der Waals surface area (Å²) < 4.78 is 9.37. The molecule has 0 aliphatic heterocycles. The molecule has 0 aliphatic carbocycles. The first-order chi connectivity index (χ1) is 11.1. The first kappa shape index (κ1) is 15.5. The predicted octanol–water partition coefficient (Wildman–Crippen LogP) is 2.62. The van der Waals surface area contributed by atoms with Gasteiger partial charge in [-0.3, -0.25) is 0 Å². The van der Waals surface area contributed by atoms with Crippen molar-refractivity contribution in [1.82, 2.24) is 19.8 Å². The van der Waals surface area contributed by atoms with Gasteiger partial charge in [0.05, 0.1) is 5.69 Å². The van der Waals surface area contributed by atoms with Crippen LogP contribution in [0.25, 0.3) is 5.69 Å². The van der Waals surface area contributed by atoms with Crippen LogP contribution in [0, 0.1) is 6.92 Å². The van der Waals surface area contributed by atoms with Crippen molar-refractivity contribution in [3.63, 3.8) is 0 Å². The molecule has 3 rings (SSSR count). The van der Waals surface area contributed by atoms with E-state index in [-0.39, 0.29) is 5.69 Å². The lowest BCUT2D eigenvalue weighted by molar-refractivity contribution is 0.303. The van der Waals surface area contributed by atoms with Gasteiger partial charge in [-0.15, -0.1) is 0 Å². The number of hydrogen-bond donors (Lipinski definition) is 0. The van der Waals surface area contributed by atoms with Crippen LogP contribution in [0.1, 0.15) is 11.1 Å². The van der Waals surface area contributed by atoms with Gasteiger partial charge in [0.15, 0.2) is 0 Å². The highest BCUT2D eigenvalue weighted by Crippen LogP contribution is 2.24. The fraction of sp³-hybridized carbons (Fsp3) is 0.188. The number of ether oxygens (including phenoxy) is 1. The standard InChI is InChI=1S/C16H15BrN4O2/c1-11-9-13(17)7-8-15(11)23-10-12-5-3-4-6-14(12)21-16(22)20(2)18-19-21/h3-9H,10H2,1-2H3. The molecule has 6 nitrogen and oxygen atoms in total. The van der Waals surface area contributed by atoms with Crippen molar-refractivity contribution in [3.05, 3.63) is 68.5 Å². The molecule has 0 unspecified atom stereocenters. The Balaban J connectivity index is 1.89. The van der Waals surface area contributed by atoms with E-state index in [4.69, 9.17) is 4.74 Å². The normalized spacial score (nSPS) is 10.7. The van der Waals surface area contributed by atoms with Gasteiger partial charge in [0, 0.05) is 17.1 Å². The van der Waals surface area contributed by atoms with Gasteiger partial charge in [-0.1, -0.05) is 34.1 Å². The van der Waals surface area contributed by atoms with Crippen LogP contribution in [0.2, 0.25) is 0 Å². The van der Waals surface area contributed by atoms with Crippen molar-refractivity contribution in [3.8, 4) is 11.4 Å². The fourth-order valence-corrected chi connectivity index (χ4v) is 2.71. The topological polar surface area (TPSA) is 61.9 Å². The molecule has 0 atom stereocenters. The second-order valence-electron chi connectivity index (χ2n) is 5.12. The first-order valence-electron chi connectivity index (χ1n) is 7.02.